The van der Waals surface area contributed by atoms with Gasteiger partial charge in [-0.1, -0.05) is 29.4 Å². The molecule has 0 fully saturated rings. The van der Waals surface area contributed by atoms with Gasteiger partial charge < -0.3 is 13.8 Å². The van der Waals surface area contributed by atoms with Crippen LogP contribution in [0.5, 0.6) is 5.75 Å². The minimum atomic E-state index is -4.61. The Hall–Kier alpha value is -3.36. The quantitative estimate of drug-likeness (QED) is 0.502. The highest BCUT2D eigenvalue weighted by molar-refractivity contribution is 5.76. The molecule has 6 nitrogen and oxygen atoms in total. The van der Waals surface area contributed by atoms with Gasteiger partial charge in [0, 0.05) is 0 Å². The minimum Gasteiger partial charge on any atom is -0.493 e. The van der Waals surface area contributed by atoms with E-state index in [1.54, 1.807) is 36.4 Å². The number of halogens is 3. The van der Waals surface area contributed by atoms with E-state index >= 15 is 0 Å². The van der Waals surface area contributed by atoms with Crippen LogP contribution in [0.25, 0.3) is 22.4 Å². The molecule has 2 heterocycles. The lowest BCUT2D eigenvalue weighted by molar-refractivity contribution is -0.146. The van der Waals surface area contributed by atoms with Crippen LogP contribution in [0.4, 0.5) is 13.2 Å². The van der Waals surface area contributed by atoms with Gasteiger partial charge in [0.25, 0.3) is 0 Å². The molecule has 0 aliphatic heterocycles. The molecule has 9 heteroatoms. The summed E-state index contributed by atoms with van der Waals surface area (Å²) >= 11 is 0. The van der Waals surface area contributed by atoms with E-state index in [4.69, 9.17) is 9.26 Å². The van der Waals surface area contributed by atoms with Gasteiger partial charge in [-0.15, -0.1) is 0 Å². The highest BCUT2D eigenvalue weighted by Crippen LogP contribution is 2.32. The van der Waals surface area contributed by atoms with Gasteiger partial charge in [-0.3, -0.25) is 0 Å². The maximum absolute atomic E-state index is 13.4. The SMILES string of the molecule is CCOc1ccccc1-c1noc(Cn2c(C(F)(F)F)nc3ccccc32)n1. The molecule has 0 spiro atoms. The van der Waals surface area contributed by atoms with Gasteiger partial charge in [-0.25, -0.2) is 4.98 Å². The summed E-state index contributed by atoms with van der Waals surface area (Å²) in [6, 6.07) is 13.5. The van der Waals surface area contributed by atoms with Crippen LogP contribution in [-0.4, -0.2) is 26.3 Å². The molecule has 0 amide bonds. The first kappa shape index (κ1) is 18.0. The molecule has 0 unspecified atom stereocenters. The number of ether oxygens (including phenoxy) is 1. The normalized spacial score (nSPS) is 11.9. The summed E-state index contributed by atoms with van der Waals surface area (Å²) in [7, 11) is 0. The fourth-order valence-electron chi connectivity index (χ4n) is 2.95. The summed E-state index contributed by atoms with van der Waals surface area (Å²) in [4.78, 5) is 7.97. The number of benzene rings is 2. The zero-order valence-electron chi connectivity index (χ0n) is 14.8. The molecule has 0 N–H and O–H groups in total. The first-order valence-electron chi connectivity index (χ1n) is 8.54. The number of imidazole rings is 1. The van der Waals surface area contributed by atoms with Gasteiger partial charge in [-0.05, 0) is 31.2 Å². The number of fused-ring (bicyclic) bond motifs is 1. The Bertz CT molecular complexity index is 1120. The standard InChI is InChI=1S/C19H15F3N4O2/c1-2-27-15-10-6-3-7-12(15)17-24-16(28-25-17)11-26-14-9-5-4-8-13(14)23-18(26)19(20,21)22/h3-10H,2,11H2,1H3. The highest BCUT2D eigenvalue weighted by Gasteiger charge is 2.38. The molecule has 0 saturated heterocycles. The van der Waals surface area contributed by atoms with E-state index in [-0.39, 0.29) is 23.8 Å². The summed E-state index contributed by atoms with van der Waals surface area (Å²) < 4.78 is 52.1. The molecule has 2 aromatic heterocycles. The molecule has 4 rings (SSSR count). The van der Waals surface area contributed by atoms with E-state index in [2.05, 4.69) is 15.1 Å². The van der Waals surface area contributed by atoms with Crippen molar-refractivity contribution in [1.82, 2.24) is 19.7 Å². The highest BCUT2D eigenvalue weighted by atomic mass is 19.4. The summed E-state index contributed by atoms with van der Waals surface area (Å²) in [5, 5.41) is 3.90. The number of nitrogens with zero attached hydrogens (tertiary/aromatic N) is 4. The number of para-hydroxylation sites is 3. The fourth-order valence-corrected chi connectivity index (χ4v) is 2.95. The monoisotopic (exact) mass is 388 g/mol. The summed E-state index contributed by atoms with van der Waals surface area (Å²) in [6.07, 6.45) is -4.61. The van der Waals surface area contributed by atoms with Crippen molar-refractivity contribution in [3.8, 4) is 17.1 Å². The zero-order valence-corrected chi connectivity index (χ0v) is 14.8. The van der Waals surface area contributed by atoms with Crippen LogP contribution in [0.2, 0.25) is 0 Å². The van der Waals surface area contributed by atoms with Gasteiger partial charge in [-0.2, -0.15) is 18.2 Å². The zero-order chi connectivity index (χ0) is 19.7. The number of hydrogen-bond acceptors (Lipinski definition) is 5. The van der Waals surface area contributed by atoms with E-state index in [0.717, 1.165) is 4.57 Å². The third-order valence-electron chi connectivity index (χ3n) is 4.10. The number of hydrogen-bond donors (Lipinski definition) is 0. The van der Waals surface area contributed by atoms with E-state index in [1.165, 1.54) is 6.07 Å². The molecule has 144 valence electrons. The molecule has 4 aromatic rings. The van der Waals surface area contributed by atoms with Crippen molar-refractivity contribution in [3.63, 3.8) is 0 Å². The van der Waals surface area contributed by atoms with Crippen molar-refractivity contribution in [2.75, 3.05) is 6.61 Å². The second kappa shape index (κ2) is 6.99. The second-order valence-corrected chi connectivity index (χ2v) is 5.95. The van der Waals surface area contributed by atoms with Gasteiger partial charge in [0.05, 0.1) is 23.2 Å². The number of rotatable bonds is 5. The van der Waals surface area contributed by atoms with Crippen LogP contribution in [0.15, 0.2) is 53.1 Å². The first-order valence-corrected chi connectivity index (χ1v) is 8.54. The van der Waals surface area contributed by atoms with Gasteiger partial charge >= 0.3 is 6.18 Å². The van der Waals surface area contributed by atoms with Gasteiger partial charge in [0.1, 0.15) is 12.3 Å². The molecule has 0 atom stereocenters. The Morgan fingerprint density at radius 2 is 1.79 bits per heavy atom. The third-order valence-corrected chi connectivity index (χ3v) is 4.10. The predicted octanol–water partition coefficient (Wildman–Crippen LogP) is 4.55. The fraction of sp³-hybridized carbons (Fsp3) is 0.211. The first-order chi connectivity index (χ1) is 13.5. The molecule has 0 radical (unpaired) electrons. The Kier molecular flexibility index (Phi) is 4.50. The summed E-state index contributed by atoms with van der Waals surface area (Å²) in [6.45, 7) is 2.05. The average molecular weight is 388 g/mol. The van der Waals surface area contributed by atoms with Gasteiger partial charge in [0.2, 0.25) is 17.5 Å². The predicted molar refractivity (Wildman–Crippen MR) is 94.7 cm³/mol. The third kappa shape index (κ3) is 3.30. The summed E-state index contributed by atoms with van der Waals surface area (Å²) in [5.41, 5.74) is 1.19. The van der Waals surface area contributed by atoms with E-state index in [0.29, 0.717) is 23.4 Å². The molecule has 0 aliphatic carbocycles. The van der Waals surface area contributed by atoms with Crippen LogP contribution in [-0.2, 0) is 12.7 Å². The molecule has 0 saturated carbocycles. The van der Waals surface area contributed by atoms with Crippen molar-refractivity contribution < 1.29 is 22.4 Å². The van der Waals surface area contributed by atoms with Crippen LogP contribution >= 0.6 is 0 Å². The molecular weight excluding hydrogens is 373 g/mol. The van der Waals surface area contributed by atoms with E-state index in [9.17, 15) is 13.2 Å². The smallest absolute Gasteiger partial charge is 0.449 e. The van der Waals surface area contributed by atoms with Crippen molar-refractivity contribution >= 4 is 11.0 Å². The lowest BCUT2D eigenvalue weighted by atomic mass is 10.2. The minimum absolute atomic E-state index is 0.0370. The largest absolute Gasteiger partial charge is 0.493 e. The maximum atomic E-state index is 13.4. The average Bonchev–Trinajstić information content (AvgIpc) is 3.28. The molecule has 0 aliphatic rings. The van der Waals surface area contributed by atoms with Crippen LogP contribution in [0.1, 0.15) is 18.6 Å². The van der Waals surface area contributed by atoms with Crippen LogP contribution < -0.4 is 4.74 Å². The number of aromatic nitrogens is 4. The van der Waals surface area contributed by atoms with E-state index < -0.39 is 12.0 Å². The Morgan fingerprint density at radius 1 is 1.04 bits per heavy atom. The van der Waals surface area contributed by atoms with E-state index in [1.807, 2.05) is 13.0 Å². The summed E-state index contributed by atoms with van der Waals surface area (Å²) in [5.74, 6) is -0.156. The Morgan fingerprint density at radius 3 is 2.57 bits per heavy atom. The molecule has 0 bridgehead atoms. The van der Waals surface area contributed by atoms with Crippen molar-refractivity contribution in [2.45, 2.75) is 19.6 Å². The lowest BCUT2D eigenvalue weighted by Gasteiger charge is -2.09. The molecular formula is C19H15F3N4O2. The van der Waals surface area contributed by atoms with Crippen LogP contribution in [0, 0.1) is 0 Å². The van der Waals surface area contributed by atoms with Crippen LogP contribution in [0.3, 0.4) is 0 Å². The van der Waals surface area contributed by atoms with Crippen molar-refractivity contribution in [2.24, 2.45) is 0 Å². The van der Waals surface area contributed by atoms with Crippen molar-refractivity contribution in [3.05, 3.63) is 60.2 Å². The molecule has 2 aromatic carbocycles. The van der Waals surface area contributed by atoms with Gasteiger partial charge in [0.15, 0.2) is 0 Å². The molecule has 28 heavy (non-hydrogen) atoms. The number of alkyl halides is 3. The lowest BCUT2D eigenvalue weighted by Crippen LogP contribution is -2.15. The Labute approximate surface area is 157 Å². The maximum Gasteiger partial charge on any atom is 0.449 e. The second-order valence-electron chi connectivity index (χ2n) is 5.95. The van der Waals surface area contributed by atoms with Crippen molar-refractivity contribution in [1.29, 1.82) is 0 Å². The Balaban J connectivity index is 1.72. The topological polar surface area (TPSA) is 66.0 Å².